The van der Waals surface area contributed by atoms with Crippen LogP contribution in [-0.4, -0.2) is 16.8 Å². The molecule has 0 aliphatic heterocycles. The number of thioether (sulfide) groups is 1. The number of nitrogens with one attached hydrogen (secondary N) is 2. The van der Waals surface area contributed by atoms with Gasteiger partial charge in [0.1, 0.15) is 0 Å². The third-order valence-electron chi connectivity index (χ3n) is 1.76. The first-order chi connectivity index (χ1) is 7.49. The van der Waals surface area contributed by atoms with Crippen molar-refractivity contribution in [3.05, 3.63) is 28.2 Å². The summed E-state index contributed by atoms with van der Waals surface area (Å²) in [6.07, 6.45) is 0. The van der Waals surface area contributed by atoms with Crippen molar-refractivity contribution >= 4 is 44.5 Å². The number of carbonyl (C=O) groups excluding carboxylic acids is 1. The number of aryl methyl sites for hydroxylation is 1. The molecule has 16 heavy (non-hydrogen) atoms. The van der Waals surface area contributed by atoms with Gasteiger partial charge in [-0.2, -0.15) is 0 Å². The third-order valence-corrected chi connectivity index (χ3v) is 3.13. The van der Waals surface area contributed by atoms with Crippen LogP contribution >= 0.6 is 27.7 Å². The Balaban J connectivity index is 2.59. The van der Waals surface area contributed by atoms with Gasteiger partial charge in [-0.15, -0.1) is 0 Å². The quantitative estimate of drug-likeness (QED) is 0.592. The molecule has 0 aliphatic rings. The van der Waals surface area contributed by atoms with Gasteiger partial charge in [0.2, 0.25) is 5.91 Å². The number of benzene rings is 1. The molecule has 0 atom stereocenters. The van der Waals surface area contributed by atoms with Gasteiger partial charge in [-0.1, -0.05) is 17.8 Å². The molecular weight excluding hydrogens is 290 g/mol. The molecule has 1 aromatic carbocycles. The van der Waals surface area contributed by atoms with Gasteiger partial charge in [0, 0.05) is 4.47 Å². The molecule has 0 aliphatic carbocycles. The molecule has 0 unspecified atom stereocenters. The second-order valence-corrected chi connectivity index (χ2v) is 5.06. The second-order valence-electron chi connectivity index (χ2n) is 3.18. The van der Waals surface area contributed by atoms with Crippen molar-refractivity contribution in [3.63, 3.8) is 0 Å². The largest absolute Gasteiger partial charge is 0.379 e. The Morgan fingerprint density at radius 2 is 2.31 bits per heavy atom. The minimum Gasteiger partial charge on any atom is -0.379 e. The van der Waals surface area contributed by atoms with Crippen molar-refractivity contribution in [3.8, 4) is 0 Å². The predicted molar refractivity (Wildman–Crippen MR) is 71.9 cm³/mol. The van der Waals surface area contributed by atoms with Crippen molar-refractivity contribution in [2.75, 3.05) is 11.1 Å². The van der Waals surface area contributed by atoms with Crippen LogP contribution in [0, 0.1) is 12.3 Å². The molecule has 0 spiro atoms. The maximum Gasteiger partial charge on any atom is 0.234 e. The van der Waals surface area contributed by atoms with Crippen LogP contribution in [0.15, 0.2) is 22.7 Å². The highest BCUT2D eigenvalue weighted by atomic mass is 79.9. The number of hydrogen-bond acceptors (Lipinski definition) is 3. The molecule has 6 heteroatoms. The lowest BCUT2D eigenvalue weighted by Crippen LogP contribution is -2.17. The van der Waals surface area contributed by atoms with Crippen LogP contribution in [0.1, 0.15) is 5.56 Å². The van der Waals surface area contributed by atoms with Crippen molar-refractivity contribution in [2.45, 2.75) is 6.92 Å². The van der Waals surface area contributed by atoms with E-state index in [1.807, 2.05) is 25.1 Å². The molecule has 0 bridgehead atoms. The van der Waals surface area contributed by atoms with Gasteiger partial charge in [-0.25, -0.2) is 0 Å². The first-order valence-corrected chi connectivity index (χ1v) is 6.29. The summed E-state index contributed by atoms with van der Waals surface area (Å²) in [6.45, 7) is 1.97. The SMILES string of the molecule is Cc1ccc(NC(=O)CSC(=N)N)c(Br)c1. The van der Waals surface area contributed by atoms with E-state index in [0.29, 0.717) is 0 Å². The van der Waals surface area contributed by atoms with E-state index in [0.717, 1.165) is 27.5 Å². The maximum atomic E-state index is 11.4. The summed E-state index contributed by atoms with van der Waals surface area (Å²) < 4.78 is 0.841. The van der Waals surface area contributed by atoms with E-state index in [9.17, 15) is 4.79 Å². The van der Waals surface area contributed by atoms with Gasteiger partial charge in [0.05, 0.1) is 11.4 Å². The molecule has 0 radical (unpaired) electrons. The van der Waals surface area contributed by atoms with Gasteiger partial charge in [-0.3, -0.25) is 10.2 Å². The van der Waals surface area contributed by atoms with Crippen LogP contribution < -0.4 is 11.1 Å². The van der Waals surface area contributed by atoms with E-state index in [4.69, 9.17) is 11.1 Å². The number of amidine groups is 1. The monoisotopic (exact) mass is 301 g/mol. The zero-order valence-corrected chi connectivity index (χ0v) is 11.1. The fourth-order valence-corrected chi connectivity index (χ4v) is 2.00. The average molecular weight is 302 g/mol. The van der Waals surface area contributed by atoms with Gasteiger partial charge in [0.25, 0.3) is 0 Å². The van der Waals surface area contributed by atoms with Crippen LogP contribution in [0.5, 0.6) is 0 Å². The molecule has 0 aromatic heterocycles. The van der Waals surface area contributed by atoms with E-state index < -0.39 is 0 Å². The van der Waals surface area contributed by atoms with Gasteiger partial charge in [-0.05, 0) is 40.5 Å². The van der Waals surface area contributed by atoms with Crippen LogP contribution in [0.3, 0.4) is 0 Å². The van der Waals surface area contributed by atoms with E-state index in [1.165, 1.54) is 0 Å². The first kappa shape index (κ1) is 13.1. The lowest BCUT2D eigenvalue weighted by Gasteiger charge is -2.07. The Morgan fingerprint density at radius 3 is 2.88 bits per heavy atom. The van der Waals surface area contributed by atoms with Gasteiger partial charge >= 0.3 is 0 Å². The highest BCUT2D eigenvalue weighted by Crippen LogP contribution is 2.23. The number of carbonyl (C=O) groups is 1. The van der Waals surface area contributed by atoms with Crippen LogP contribution in [0.2, 0.25) is 0 Å². The smallest absolute Gasteiger partial charge is 0.234 e. The molecule has 0 saturated carbocycles. The van der Waals surface area contributed by atoms with Crippen molar-refractivity contribution in [2.24, 2.45) is 5.73 Å². The summed E-state index contributed by atoms with van der Waals surface area (Å²) in [5.41, 5.74) is 6.98. The van der Waals surface area contributed by atoms with Crippen molar-refractivity contribution < 1.29 is 4.79 Å². The number of rotatable bonds is 3. The third kappa shape index (κ3) is 4.24. The average Bonchev–Trinajstić information content (AvgIpc) is 2.19. The summed E-state index contributed by atoms with van der Waals surface area (Å²) in [5.74, 6) is -0.0277. The Labute approximate surface area is 107 Å². The molecule has 0 heterocycles. The highest BCUT2D eigenvalue weighted by molar-refractivity contribution is 9.10. The maximum absolute atomic E-state index is 11.4. The van der Waals surface area contributed by atoms with E-state index in [-0.39, 0.29) is 16.8 Å². The van der Waals surface area contributed by atoms with Crippen LogP contribution in [0.4, 0.5) is 5.69 Å². The predicted octanol–water partition coefficient (Wildman–Crippen LogP) is 2.32. The fraction of sp³-hybridized carbons (Fsp3) is 0.200. The highest BCUT2D eigenvalue weighted by Gasteiger charge is 2.06. The van der Waals surface area contributed by atoms with E-state index in [1.54, 1.807) is 0 Å². The summed E-state index contributed by atoms with van der Waals surface area (Å²) in [7, 11) is 0. The molecular formula is C10H12BrN3OS. The number of anilines is 1. The lowest BCUT2D eigenvalue weighted by atomic mass is 10.2. The first-order valence-electron chi connectivity index (χ1n) is 4.52. The molecule has 4 nitrogen and oxygen atoms in total. The zero-order chi connectivity index (χ0) is 12.1. The number of amides is 1. The minimum absolute atomic E-state index is 0.0573. The van der Waals surface area contributed by atoms with Crippen molar-refractivity contribution in [1.82, 2.24) is 0 Å². The Morgan fingerprint density at radius 1 is 1.62 bits per heavy atom. The Hall–Kier alpha value is -1.01. The molecule has 86 valence electrons. The van der Waals surface area contributed by atoms with Gasteiger partial charge < -0.3 is 11.1 Å². The Bertz CT molecular complexity index is 423. The Kier molecular flexibility index (Phi) is 4.82. The second kappa shape index (κ2) is 5.91. The van der Waals surface area contributed by atoms with Crippen LogP contribution in [0.25, 0.3) is 0 Å². The molecule has 0 fully saturated rings. The van der Waals surface area contributed by atoms with E-state index >= 15 is 0 Å². The topological polar surface area (TPSA) is 79.0 Å². The zero-order valence-electron chi connectivity index (χ0n) is 8.71. The number of halogens is 1. The molecule has 0 saturated heterocycles. The molecule has 1 rings (SSSR count). The molecule has 1 aromatic rings. The fourth-order valence-electron chi connectivity index (χ4n) is 1.05. The molecule has 4 N–H and O–H groups in total. The van der Waals surface area contributed by atoms with Crippen LogP contribution in [-0.2, 0) is 4.79 Å². The standard InChI is InChI=1S/C10H12BrN3OS/c1-6-2-3-8(7(11)4-6)14-9(15)5-16-10(12)13/h2-4H,5H2,1H3,(H3,12,13)(H,14,15). The lowest BCUT2D eigenvalue weighted by molar-refractivity contribution is -0.113. The number of hydrogen-bond donors (Lipinski definition) is 3. The van der Waals surface area contributed by atoms with E-state index in [2.05, 4.69) is 21.2 Å². The number of nitrogens with two attached hydrogens (primary N) is 1. The van der Waals surface area contributed by atoms with Gasteiger partial charge in [0.15, 0.2) is 5.17 Å². The summed E-state index contributed by atoms with van der Waals surface area (Å²) >= 11 is 4.37. The van der Waals surface area contributed by atoms with Crippen molar-refractivity contribution in [1.29, 1.82) is 5.41 Å². The minimum atomic E-state index is -0.176. The summed E-state index contributed by atoms with van der Waals surface area (Å²) in [4.78, 5) is 11.4. The normalized spacial score (nSPS) is 9.88. The molecule has 1 amide bonds. The summed E-state index contributed by atoms with van der Waals surface area (Å²) in [5, 5.41) is 9.67. The summed E-state index contributed by atoms with van der Waals surface area (Å²) in [6, 6.07) is 5.67.